The van der Waals surface area contributed by atoms with Crippen molar-refractivity contribution in [3.63, 3.8) is 0 Å². The molecule has 1 aromatic carbocycles. The fourth-order valence-corrected chi connectivity index (χ4v) is 2.27. The van der Waals surface area contributed by atoms with Gasteiger partial charge < -0.3 is 4.57 Å². The number of Topliss-reactive ketones (excluding diaryl/α,β-unsaturated/α-hetero) is 1. The average molecular weight is 269 g/mol. The maximum absolute atomic E-state index is 12.4. The standard InChI is InChI=1S/C17H19NO2/c1-4-11-18-16(14-7-5-12(2)6-8-14)10-9-15(13(3)19)17(18)20/h5-10H,4,11H2,1-3H3. The Morgan fingerprint density at radius 2 is 1.75 bits per heavy atom. The molecule has 3 heteroatoms. The molecule has 0 aliphatic heterocycles. The molecule has 0 spiro atoms. The first-order valence-electron chi connectivity index (χ1n) is 6.86. The Bertz CT molecular complexity index is 681. The summed E-state index contributed by atoms with van der Waals surface area (Å²) in [4.78, 5) is 23.9. The van der Waals surface area contributed by atoms with Gasteiger partial charge in [-0.2, -0.15) is 0 Å². The maximum Gasteiger partial charge on any atom is 0.261 e. The van der Waals surface area contributed by atoms with Gasteiger partial charge in [-0.15, -0.1) is 0 Å². The number of nitrogens with zero attached hydrogens (tertiary/aromatic N) is 1. The van der Waals surface area contributed by atoms with Gasteiger partial charge in [0.05, 0.1) is 11.3 Å². The number of carbonyl (C=O) groups is 1. The van der Waals surface area contributed by atoms with Gasteiger partial charge in [0.25, 0.3) is 5.56 Å². The van der Waals surface area contributed by atoms with Crippen LogP contribution >= 0.6 is 0 Å². The lowest BCUT2D eigenvalue weighted by atomic mass is 10.1. The molecule has 0 fully saturated rings. The lowest BCUT2D eigenvalue weighted by molar-refractivity contribution is 0.101. The third-order valence-electron chi connectivity index (χ3n) is 3.35. The summed E-state index contributed by atoms with van der Waals surface area (Å²) in [6, 6.07) is 11.5. The quantitative estimate of drug-likeness (QED) is 0.798. The molecule has 0 amide bonds. The Morgan fingerprint density at radius 3 is 2.30 bits per heavy atom. The normalized spacial score (nSPS) is 10.6. The van der Waals surface area contributed by atoms with E-state index in [4.69, 9.17) is 0 Å². The highest BCUT2D eigenvalue weighted by Gasteiger charge is 2.12. The van der Waals surface area contributed by atoms with Crippen LogP contribution in [-0.4, -0.2) is 10.4 Å². The van der Waals surface area contributed by atoms with Crippen molar-refractivity contribution in [3.8, 4) is 11.3 Å². The van der Waals surface area contributed by atoms with Crippen LogP contribution in [0.3, 0.4) is 0 Å². The number of hydrogen-bond donors (Lipinski definition) is 0. The molecule has 0 saturated carbocycles. The molecule has 3 nitrogen and oxygen atoms in total. The van der Waals surface area contributed by atoms with Crippen LogP contribution in [0.5, 0.6) is 0 Å². The molecule has 20 heavy (non-hydrogen) atoms. The predicted molar refractivity (Wildman–Crippen MR) is 81.2 cm³/mol. The zero-order valence-electron chi connectivity index (χ0n) is 12.1. The number of pyridine rings is 1. The molecule has 0 unspecified atom stereocenters. The zero-order chi connectivity index (χ0) is 14.7. The van der Waals surface area contributed by atoms with Crippen LogP contribution in [0.15, 0.2) is 41.2 Å². The van der Waals surface area contributed by atoms with E-state index in [9.17, 15) is 9.59 Å². The highest BCUT2D eigenvalue weighted by Crippen LogP contribution is 2.19. The van der Waals surface area contributed by atoms with Crippen molar-refractivity contribution in [1.82, 2.24) is 4.57 Å². The number of ketones is 1. The Balaban J connectivity index is 2.64. The van der Waals surface area contributed by atoms with Gasteiger partial charge in [-0.3, -0.25) is 9.59 Å². The minimum Gasteiger partial charge on any atom is -0.308 e. The van der Waals surface area contributed by atoms with Gasteiger partial charge in [0.15, 0.2) is 5.78 Å². The first kappa shape index (κ1) is 14.3. The topological polar surface area (TPSA) is 39.1 Å². The van der Waals surface area contributed by atoms with Crippen molar-refractivity contribution >= 4 is 5.78 Å². The second kappa shape index (κ2) is 5.87. The van der Waals surface area contributed by atoms with Crippen LogP contribution in [0.2, 0.25) is 0 Å². The SMILES string of the molecule is CCCn1c(-c2ccc(C)cc2)ccc(C(C)=O)c1=O. The summed E-state index contributed by atoms with van der Waals surface area (Å²) in [5, 5.41) is 0. The highest BCUT2D eigenvalue weighted by atomic mass is 16.1. The molecule has 1 heterocycles. The minimum absolute atomic E-state index is 0.185. The molecule has 2 rings (SSSR count). The zero-order valence-corrected chi connectivity index (χ0v) is 12.1. The van der Waals surface area contributed by atoms with E-state index in [2.05, 4.69) is 0 Å². The van der Waals surface area contributed by atoms with E-state index in [0.717, 1.165) is 17.7 Å². The second-order valence-electron chi connectivity index (χ2n) is 5.01. The number of aryl methyl sites for hydroxylation is 1. The van der Waals surface area contributed by atoms with Gasteiger partial charge in [-0.05, 0) is 38.0 Å². The van der Waals surface area contributed by atoms with Crippen molar-refractivity contribution in [3.05, 3.63) is 57.9 Å². The van der Waals surface area contributed by atoms with E-state index in [1.54, 1.807) is 10.6 Å². The fraction of sp³-hybridized carbons (Fsp3) is 0.294. The summed E-state index contributed by atoms with van der Waals surface area (Å²) >= 11 is 0. The summed E-state index contributed by atoms with van der Waals surface area (Å²) in [5.41, 5.74) is 3.10. The largest absolute Gasteiger partial charge is 0.308 e. The fourth-order valence-electron chi connectivity index (χ4n) is 2.27. The second-order valence-corrected chi connectivity index (χ2v) is 5.01. The molecule has 1 aromatic heterocycles. The summed E-state index contributed by atoms with van der Waals surface area (Å²) in [6.45, 7) is 6.09. The maximum atomic E-state index is 12.4. The summed E-state index contributed by atoms with van der Waals surface area (Å²) < 4.78 is 1.70. The van der Waals surface area contributed by atoms with E-state index in [1.165, 1.54) is 12.5 Å². The number of aromatic nitrogens is 1. The summed E-state index contributed by atoms with van der Waals surface area (Å²) in [5.74, 6) is -0.185. The molecule has 0 atom stereocenters. The molecule has 104 valence electrons. The van der Waals surface area contributed by atoms with E-state index in [-0.39, 0.29) is 16.9 Å². The Morgan fingerprint density at radius 1 is 1.10 bits per heavy atom. The Hall–Kier alpha value is -2.16. The molecule has 2 aromatic rings. The highest BCUT2D eigenvalue weighted by molar-refractivity contribution is 5.94. The van der Waals surface area contributed by atoms with Gasteiger partial charge in [0.1, 0.15) is 0 Å². The van der Waals surface area contributed by atoms with E-state index >= 15 is 0 Å². The number of rotatable bonds is 4. The van der Waals surface area contributed by atoms with Crippen LogP contribution in [0.25, 0.3) is 11.3 Å². The Kier molecular flexibility index (Phi) is 4.18. The molecular formula is C17H19NO2. The van der Waals surface area contributed by atoms with Crippen molar-refractivity contribution in [1.29, 1.82) is 0 Å². The third-order valence-corrected chi connectivity index (χ3v) is 3.35. The van der Waals surface area contributed by atoms with Crippen molar-refractivity contribution < 1.29 is 4.79 Å². The molecule has 0 radical (unpaired) electrons. The monoisotopic (exact) mass is 269 g/mol. The average Bonchev–Trinajstić information content (AvgIpc) is 2.42. The first-order chi connectivity index (χ1) is 9.54. The van der Waals surface area contributed by atoms with Gasteiger partial charge in [-0.1, -0.05) is 36.8 Å². The Labute approximate surface area is 118 Å². The van der Waals surface area contributed by atoms with E-state index in [1.807, 2.05) is 44.2 Å². The van der Waals surface area contributed by atoms with Gasteiger partial charge in [0.2, 0.25) is 0 Å². The van der Waals surface area contributed by atoms with Gasteiger partial charge in [0, 0.05) is 6.54 Å². The lowest BCUT2D eigenvalue weighted by Gasteiger charge is -2.13. The van der Waals surface area contributed by atoms with Crippen LogP contribution in [0, 0.1) is 6.92 Å². The van der Waals surface area contributed by atoms with Crippen molar-refractivity contribution in [2.75, 3.05) is 0 Å². The lowest BCUT2D eigenvalue weighted by Crippen LogP contribution is -2.26. The van der Waals surface area contributed by atoms with Gasteiger partial charge in [-0.25, -0.2) is 0 Å². The number of benzene rings is 1. The van der Waals surface area contributed by atoms with Crippen LogP contribution in [0.1, 0.15) is 36.2 Å². The van der Waals surface area contributed by atoms with E-state index in [0.29, 0.717) is 6.54 Å². The van der Waals surface area contributed by atoms with E-state index < -0.39 is 0 Å². The number of hydrogen-bond acceptors (Lipinski definition) is 2. The first-order valence-corrected chi connectivity index (χ1v) is 6.86. The molecular weight excluding hydrogens is 250 g/mol. The smallest absolute Gasteiger partial charge is 0.261 e. The minimum atomic E-state index is -0.197. The van der Waals surface area contributed by atoms with Gasteiger partial charge >= 0.3 is 0 Å². The van der Waals surface area contributed by atoms with Crippen molar-refractivity contribution in [2.24, 2.45) is 0 Å². The summed E-state index contributed by atoms with van der Waals surface area (Å²) in [7, 11) is 0. The number of carbonyl (C=O) groups excluding carboxylic acids is 1. The third kappa shape index (κ3) is 2.72. The van der Waals surface area contributed by atoms with Crippen LogP contribution in [-0.2, 0) is 6.54 Å². The summed E-state index contributed by atoms with van der Waals surface area (Å²) in [6.07, 6.45) is 0.847. The van der Waals surface area contributed by atoms with Crippen LogP contribution in [0.4, 0.5) is 0 Å². The molecule has 0 aliphatic carbocycles. The molecule has 0 N–H and O–H groups in total. The van der Waals surface area contributed by atoms with Crippen LogP contribution < -0.4 is 5.56 Å². The van der Waals surface area contributed by atoms with Crippen molar-refractivity contribution in [2.45, 2.75) is 33.7 Å². The predicted octanol–water partition coefficient (Wildman–Crippen LogP) is 3.44. The molecule has 0 bridgehead atoms. The molecule has 0 saturated heterocycles. The molecule has 0 aliphatic rings.